The fourth-order valence-electron chi connectivity index (χ4n) is 2.94. The maximum atomic E-state index is 12.5. The third kappa shape index (κ3) is 3.74. The molecular formula is C17H23N3O2. The van der Waals surface area contributed by atoms with E-state index in [1.165, 1.54) is 0 Å². The first kappa shape index (κ1) is 16.2. The minimum absolute atomic E-state index is 0.0445. The van der Waals surface area contributed by atoms with Crippen molar-refractivity contribution < 1.29 is 9.59 Å². The molecule has 1 fully saturated rings. The van der Waals surface area contributed by atoms with Crippen LogP contribution < -0.4 is 16.4 Å². The molecule has 1 aromatic rings. The molecule has 118 valence electrons. The van der Waals surface area contributed by atoms with Gasteiger partial charge in [-0.05, 0) is 37.4 Å². The average molecular weight is 301 g/mol. The van der Waals surface area contributed by atoms with Gasteiger partial charge < -0.3 is 16.4 Å². The Hall–Kier alpha value is -2.14. The zero-order valence-corrected chi connectivity index (χ0v) is 12.7. The highest BCUT2D eigenvalue weighted by Crippen LogP contribution is 2.32. The second-order valence-electron chi connectivity index (χ2n) is 5.57. The number of rotatable bonds is 6. The van der Waals surface area contributed by atoms with Crippen molar-refractivity contribution in [3.05, 3.63) is 42.5 Å². The van der Waals surface area contributed by atoms with Gasteiger partial charge in [0.25, 0.3) is 5.91 Å². The molecule has 0 heterocycles. The highest BCUT2D eigenvalue weighted by atomic mass is 16.2. The van der Waals surface area contributed by atoms with E-state index < -0.39 is 0 Å². The summed E-state index contributed by atoms with van der Waals surface area (Å²) in [5, 5.41) is 5.62. The number of carbonyl (C=O) groups is 2. The summed E-state index contributed by atoms with van der Waals surface area (Å²) < 4.78 is 0. The number of carbonyl (C=O) groups excluding carboxylic acids is 2. The lowest BCUT2D eigenvalue weighted by Crippen LogP contribution is -2.31. The largest absolute Gasteiger partial charge is 0.349 e. The molecule has 5 heteroatoms. The van der Waals surface area contributed by atoms with E-state index in [0.717, 1.165) is 19.3 Å². The Balaban J connectivity index is 2.10. The van der Waals surface area contributed by atoms with Gasteiger partial charge in [0.2, 0.25) is 5.91 Å². The van der Waals surface area contributed by atoms with Crippen LogP contribution in [-0.4, -0.2) is 24.9 Å². The van der Waals surface area contributed by atoms with Crippen LogP contribution in [0.25, 0.3) is 0 Å². The monoisotopic (exact) mass is 301 g/mol. The molecule has 22 heavy (non-hydrogen) atoms. The van der Waals surface area contributed by atoms with Gasteiger partial charge in [0, 0.05) is 12.5 Å². The van der Waals surface area contributed by atoms with Crippen molar-refractivity contribution in [2.24, 2.45) is 17.6 Å². The molecule has 0 unspecified atom stereocenters. The normalized spacial score (nSPS) is 20.4. The molecular weight excluding hydrogens is 278 g/mol. The minimum atomic E-state index is -0.224. The van der Waals surface area contributed by atoms with Crippen molar-refractivity contribution in [2.75, 3.05) is 18.4 Å². The molecule has 1 aliphatic rings. The Labute approximate surface area is 131 Å². The molecule has 0 bridgehead atoms. The van der Waals surface area contributed by atoms with E-state index in [1.54, 1.807) is 30.3 Å². The van der Waals surface area contributed by atoms with Gasteiger partial charge >= 0.3 is 0 Å². The van der Waals surface area contributed by atoms with Gasteiger partial charge in [0.1, 0.15) is 0 Å². The van der Waals surface area contributed by atoms with Crippen LogP contribution in [0.2, 0.25) is 0 Å². The molecule has 0 aromatic heterocycles. The number of anilines is 1. The van der Waals surface area contributed by atoms with Gasteiger partial charge in [-0.1, -0.05) is 24.6 Å². The van der Waals surface area contributed by atoms with Crippen LogP contribution in [0.1, 0.15) is 29.6 Å². The predicted octanol–water partition coefficient (Wildman–Crippen LogP) is 1.92. The number of nitrogens with two attached hydrogens (primary N) is 1. The van der Waals surface area contributed by atoms with Crippen LogP contribution in [0, 0.1) is 11.8 Å². The molecule has 2 rings (SSSR count). The average Bonchev–Trinajstić information content (AvgIpc) is 3.01. The number of benzene rings is 1. The summed E-state index contributed by atoms with van der Waals surface area (Å²) in [6.45, 7) is 4.49. The highest BCUT2D eigenvalue weighted by Gasteiger charge is 2.32. The van der Waals surface area contributed by atoms with Gasteiger partial charge in [0.15, 0.2) is 0 Å². The maximum Gasteiger partial charge on any atom is 0.253 e. The summed E-state index contributed by atoms with van der Waals surface area (Å²) in [7, 11) is 0. The molecule has 4 N–H and O–H groups in total. The lowest BCUT2D eigenvalue weighted by molar-refractivity contribution is -0.120. The summed E-state index contributed by atoms with van der Waals surface area (Å²) >= 11 is 0. The van der Waals surface area contributed by atoms with Gasteiger partial charge in [-0.25, -0.2) is 0 Å². The third-order valence-corrected chi connectivity index (χ3v) is 4.14. The molecule has 1 saturated carbocycles. The van der Waals surface area contributed by atoms with Crippen LogP contribution in [0.3, 0.4) is 0 Å². The second-order valence-corrected chi connectivity index (χ2v) is 5.57. The summed E-state index contributed by atoms with van der Waals surface area (Å²) in [6.07, 6.45) is 4.50. The standard InChI is InChI=1S/C17H23N3O2/c1-2-10-19-16(21)14-7-3-4-9-15(14)20-17(22)13-8-5-6-12(13)11-18/h2-4,7,9,12-13H,1,5-6,8,10-11,18H2,(H,19,21)(H,20,22)/t12-,13-/m1/s1. The smallest absolute Gasteiger partial charge is 0.253 e. The summed E-state index contributed by atoms with van der Waals surface area (Å²) in [5.74, 6) is -0.0921. The van der Waals surface area contributed by atoms with Crippen LogP contribution in [0.4, 0.5) is 5.69 Å². The lowest BCUT2D eigenvalue weighted by Gasteiger charge is -2.18. The maximum absolute atomic E-state index is 12.5. The van der Waals surface area contributed by atoms with Crippen LogP contribution in [-0.2, 0) is 4.79 Å². The zero-order chi connectivity index (χ0) is 15.9. The van der Waals surface area contributed by atoms with E-state index in [-0.39, 0.29) is 23.7 Å². The summed E-state index contributed by atoms with van der Waals surface area (Å²) in [6, 6.07) is 7.02. The molecule has 2 amide bonds. The predicted molar refractivity (Wildman–Crippen MR) is 87.5 cm³/mol. The van der Waals surface area contributed by atoms with Crippen LogP contribution >= 0.6 is 0 Å². The second kappa shape index (κ2) is 7.75. The Morgan fingerprint density at radius 2 is 2.09 bits per heavy atom. The Bertz CT molecular complexity index is 557. The number of hydrogen-bond donors (Lipinski definition) is 3. The van der Waals surface area contributed by atoms with E-state index in [1.807, 2.05) is 0 Å². The van der Waals surface area contributed by atoms with Crippen molar-refractivity contribution in [1.29, 1.82) is 0 Å². The van der Waals surface area contributed by atoms with Crippen molar-refractivity contribution in [1.82, 2.24) is 5.32 Å². The molecule has 1 aromatic carbocycles. The quantitative estimate of drug-likeness (QED) is 0.702. The van der Waals surface area contributed by atoms with E-state index in [2.05, 4.69) is 17.2 Å². The molecule has 0 spiro atoms. The topological polar surface area (TPSA) is 84.2 Å². The van der Waals surface area contributed by atoms with Crippen molar-refractivity contribution in [2.45, 2.75) is 19.3 Å². The van der Waals surface area contributed by atoms with Gasteiger partial charge in [-0.3, -0.25) is 9.59 Å². The van der Waals surface area contributed by atoms with Gasteiger partial charge in [-0.15, -0.1) is 6.58 Å². The minimum Gasteiger partial charge on any atom is -0.349 e. The number of hydrogen-bond acceptors (Lipinski definition) is 3. The molecule has 0 aliphatic heterocycles. The lowest BCUT2D eigenvalue weighted by atomic mass is 9.95. The van der Waals surface area contributed by atoms with Crippen molar-refractivity contribution >= 4 is 17.5 Å². The summed E-state index contributed by atoms with van der Waals surface area (Å²) in [4.78, 5) is 24.6. The van der Waals surface area contributed by atoms with Crippen molar-refractivity contribution in [3.8, 4) is 0 Å². The fraction of sp³-hybridized carbons (Fsp3) is 0.412. The highest BCUT2D eigenvalue weighted by molar-refractivity contribution is 6.04. The zero-order valence-electron chi connectivity index (χ0n) is 12.7. The number of nitrogens with one attached hydrogen (secondary N) is 2. The van der Waals surface area contributed by atoms with E-state index in [4.69, 9.17) is 5.73 Å². The molecule has 5 nitrogen and oxygen atoms in total. The third-order valence-electron chi connectivity index (χ3n) is 4.14. The first-order valence-corrected chi connectivity index (χ1v) is 7.66. The van der Waals surface area contributed by atoms with Crippen LogP contribution in [0.5, 0.6) is 0 Å². The fourth-order valence-corrected chi connectivity index (χ4v) is 2.94. The van der Waals surface area contributed by atoms with E-state index >= 15 is 0 Å². The molecule has 2 atom stereocenters. The molecule has 0 radical (unpaired) electrons. The number of para-hydroxylation sites is 1. The van der Waals surface area contributed by atoms with Gasteiger partial charge in [-0.2, -0.15) is 0 Å². The Morgan fingerprint density at radius 3 is 2.82 bits per heavy atom. The van der Waals surface area contributed by atoms with E-state index in [9.17, 15) is 9.59 Å². The van der Waals surface area contributed by atoms with E-state index in [0.29, 0.717) is 24.3 Å². The Morgan fingerprint density at radius 1 is 1.32 bits per heavy atom. The SMILES string of the molecule is C=CCNC(=O)c1ccccc1NC(=O)[C@@H]1CCC[C@@H]1CN. The van der Waals surface area contributed by atoms with Crippen molar-refractivity contribution in [3.63, 3.8) is 0 Å². The Kier molecular flexibility index (Phi) is 5.72. The summed E-state index contributed by atoms with van der Waals surface area (Å²) in [5.41, 5.74) is 6.73. The molecule has 0 saturated heterocycles. The first-order chi connectivity index (χ1) is 10.7. The van der Waals surface area contributed by atoms with Gasteiger partial charge in [0.05, 0.1) is 11.3 Å². The number of amides is 2. The first-order valence-electron chi connectivity index (χ1n) is 7.66. The molecule has 1 aliphatic carbocycles. The van der Waals surface area contributed by atoms with Crippen LogP contribution in [0.15, 0.2) is 36.9 Å².